The normalized spacial score (nSPS) is 17.8. The van der Waals surface area contributed by atoms with E-state index in [4.69, 9.17) is 0 Å². The van der Waals surface area contributed by atoms with Gasteiger partial charge in [0.25, 0.3) is 5.56 Å². The van der Waals surface area contributed by atoms with Crippen LogP contribution in [0.1, 0.15) is 61.6 Å². The maximum atomic E-state index is 13.6. The van der Waals surface area contributed by atoms with E-state index in [1.54, 1.807) is 26.1 Å². The van der Waals surface area contributed by atoms with Gasteiger partial charge >= 0.3 is 6.18 Å². The van der Waals surface area contributed by atoms with Crippen LogP contribution in [0.4, 0.5) is 27.8 Å². The third kappa shape index (κ3) is 4.99. The van der Waals surface area contributed by atoms with Gasteiger partial charge in [0.2, 0.25) is 5.92 Å². The van der Waals surface area contributed by atoms with Crippen molar-refractivity contribution in [1.29, 1.82) is 0 Å². The van der Waals surface area contributed by atoms with Crippen molar-refractivity contribution < 1.29 is 22.0 Å². The number of anilines is 1. The van der Waals surface area contributed by atoms with Crippen molar-refractivity contribution in [2.75, 3.05) is 5.32 Å². The first-order chi connectivity index (χ1) is 15.4. The van der Waals surface area contributed by atoms with Crippen LogP contribution in [-0.2, 0) is 6.18 Å². The highest BCUT2D eigenvalue weighted by molar-refractivity contribution is 5.88. The molecule has 1 unspecified atom stereocenters. The van der Waals surface area contributed by atoms with E-state index in [-0.39, 0.29) is 37.3 Å². The van der Waals surface area contributed by atoms with Crippen molar-refractivity contribution in [2.24, 2.45) is 0 Å². The first-order valence-corrected chi connectivity index (χ1v) is 10.6. The number of nitrogens with one attached hydrogen (secondary N) is 1. The number of rotatable bonds is 4. The molecule has 1 aromatic carbocycles. The predicted octanol–water partition coefficient (Wildman–Crippen LogP) is 6.04. The molecule has 10 heteroatoms. The molecule has 1 N–H and O–H groups in total. The number of benzene rings is 1. The second kappa shape index (κ2) is 8.39. The van der Waals surface area contributed by atoms with E-state index in [1.807, 2.05) is 0 Å². The number of fused-ring (bicyclic) bond motifs is 1. The minimum Gasteiger partial charge on any atom is -0.363 e. The van der Waals surface area contributed by atoms with Gasteiger partial charge in [0.15, 0.2) is 0 Å². The lowest BCUT2D eigenvalue weighted by Crippen LogP contribution is -2.31. The van der Waals surface area contributed by atoms with Crippen molar-refractivity contribution in [2.45, 2.75) is 63.7 Å². The fraction of sp³-hybridized carbons (Fsp3) is 0.435. The Kier molecular flexibility index (Phi) is 5.88. The van der Waals surface area contributed by atoms with Crippen LogP contribution < -0.4 is 10.9 Å². The molecule has 4 rings (SSSR count). The quantitative estimate of drug-likeness (QED) is 0.476. The molecule has 176 valence electrons. The first-order valence-electron chi connectivity index (χ1n) is 10.6. The second-order valence-corrected chi connectivity index (χ2v) is 8.51. The summed E-state index contributed by atoms with van der Waals surface area (Å²) in [5, 5.41) is 3.63. The highest BCUT2D eigenvalue weighted by Crippen LogP contribution is 2.38. The third-order valence-corrected chi connectivity index (χ3v) is 6.02. The van der Waals surface area contributed by atoms with E-state index in [0.717, 1.165) is 12.1 Å². The monoisotopic (exact) mass is 466 g/mol. The standard InChI is InChI=1S/C23H23F5N4O/c1-13(15-4-3-5-16(10-15)23(26,27)28)29-21-18-12-32(17-6-8-22(24,25)9-7-17)20(33)11-19(18)30-14(2)31-21/h3-5,10-13,17H,6-9H2,1-2H3,(H,29,30,31). The van der Waals surface area contributed by atoms with Crippen molar-refractivity contribution in [3.8, 4) is 0 Å². The molecule has 1 aliphatic carbocycles. The number of nitrogens with zero attached hydrogens (tertiary/aromatic N) is 3. The maximum absolute atomic E-state index is 13.6. The molecule has 5 nitrogen and oxygen atoms in total. The number of hydrogen-bond acceptors (Lipinski definition) is 4. The van der Waals surface area contributed by atoms with Crippen molar-refractivity contribution in [3.63, 3.8) is 0 Å². The summed E-state index contributed by atoms with van der Waals surface area (Å²) < 4.78 is 67.9. The molecule has 0 radical (unpaired) electrons. The van der Waals surface area contributed by atoms with E-state index in [0.29, 0.717) is 28.1 Å². The number of alkyl halides is 5. The van der Waals surface area contributed by atoms with Crippen molar-refractivity contribution in [1.82, 2.24) is 14.5 Å². The summed E-state index contributed by atoms with van der Waals surface area (Å²) in [7, 11) is 0. The molecule has 0 bridgehead atoms. The summed E-state index contributed by atoms with van der Waals surface area (Å²) in [6.07, 6.45) is -3.12. The molecule has 1 aliphatic rings. The average Bonchev–Trinajstić information content (AvgIpc) is 2.73. The molecule has 2 heterocycles. The molecule has 33 heavy (non-hydrogen) atoms. The lowest BCUT2D eigenvalue weighted by Gasteiger charge is -2.29. The zero-order valence-corrected chi connectivity index (χ0v) is 18.1. The van der Waals surface area contributed by atoms with Gasteiger partial charge in [-0.3, -0.25) is 4.79 Å². The molecule has 1 atom stereocenters. The Balaban J connectivity index is 1.70. The third-order valence-electron chi connectivity index (χ3n) is 6.02. The van der Waals surface area contributed by atoms with Gasteiger partial charge in [0.05, 0.1) is 16.5 Å². The molecule has 0 spiro atoms. The Morgan fingerprint density at radius 2 is 1.85 bits per heavy atom. The highest BCUT2D eigenvalue weighted by atomic mass is 19.4. The topological polar surface area (TPSA) is 59.8 Å². The number of aryl methyl sites for hydroxylation is 1. The van der Waals surface area contributed by atoms with Crippen molar-refractivity contribution in [3.05, 3.63) is 63.8 Å². The van der Waals surface area contributed by atoms with Crippen LogP contribution in [-0.4, -0.2) is 20.5 Å². The molecular formula is C23H23F5N4O. The minimum absolute atomic E-state index is 0.175. The highest BCUT2D eigenvalue weighted by Gasteiger charge is 2.36. The van der Waals surface area contributed by atoms with Gasteiger partial charge in [-0.2, -0.15) is 13.2 Å². The zero-order valence-electron chi connectivity index (χ0n) is 18.1. The Labute approximate surface area is 186 Å². The molecule has 0 saturated heterocycles. The second-order valence-electron chi connectivity index (χ2n) is 8.51. The Morgan fingerprint density at radius 3 is 2.52 bits per heavy atom. The molecule has 1 saturated carbocycles. The van der Waals surface area contributed by atoms with Gasteiger partial charge in [-0.05, 0) is 44.4 Å². The molecule has 1 fully saturated rings. The number of pyridine rings is 1. The molecule has 0 amide bonds. The van der Waals surface area contributed by atoms with Crippen LogP contribution in [0.5, 0.6) is 0 Å². The van der Waals surface area contributed by atoms with E-state index in [1.165, 1.54) is 16.7 Å². The van der Waals surface area contributed by atoms with E-state index < -0.39 is 23.7 Å². The summed E-state index contributed by atoms with van der Waals surface area (Å²) in [6.45, 7) is 3.35. The van der Waals surface area contributed by atoms with Crippen LogP contribution in [0, 0.1) is 6.92 Å². The Morgan fingerprint density at radius 1 is 1.15 bits per heavy atom. The number of halogens is 5. The number of aromatic nitrogens is 3. The minimum atomic E-state index is -4.46. The van der Waals surface area contributed by atoms with Gasteiger partial charge in [-0.1, -0.05) is 12.1 Å². The SMILES string of the molecule is Cc1nc(NC(C)c2cccc(C(F)(F)F)c2)c2cn(C3CCC(F)(F)CC3)c(=O)cc2n1. The van der Waals surface area contributed by atoms with Gasteiger partial charge in [-0.15, -0.1) is 0 Å². The van der Waals surface area contributed by atoms with Gasteiger partial charge in [-0.25, -0.2) is 18.7 Å². The van der Waals surface area contributed by atoms with E-state index in [9.17, 15) is 26.7 Å². The van der Waals surface area contributed by atoms with Crippen LogP contribution >= 0.6 is 0 Å². The van der Waals surface area contributed by atoms with E-state index >= 15 is 0 Å². The molecule has 0 aliphatic heterocycles. The van der Waals surface area contributed by atoms with Crippen LogP contribution in [0.3, 0.4) is 0 Å². The number of hydrogen-bond donors (Lipinski definition) is 1. The fourth-order valence-electron chi connectivity index (χ4n) is 4.21. The largest absolute Gasteiger partial charge is 0.416 e. The Hall–Kier alpha value is -3.04. The summed E-state index contributed by atoms with van der Waals surface area (Å²) in [5.41, 5.74) is -0.297. The molecular weight excluding hydrogens is 443 g/mol. The fourth-order valence-corrected chi connectivity index (χ4v) is 4.21. The first kappa shape index (κ1) is 23.1. The summed E-state index contributed by atoms with van der Waals surface area (Å²) in [4.78, 5) is 21.4. The van der Waals surface area contributed by atoms with Gasteiger partial charge in [0.1, 0.15) is 11.6 Å². The summed E-state index contributed by atoms with van der Waals surface area (Å²) in [6, 6.07) is 5.46. The summed E-state index contributed by atoms with van der Waals surface area (Å²) in [5.74, 6) is -1.97. The van der Waals surface area contributed by atoms with Crippen LogP contribution in [0.15, 0.2) is 41.3 Å². The van der Waals surface area contributed by atoms with Crippen LogP contribution in [0.25, 0.3) is 10.9 Å². The zero-order chi connectivity index (χ0) is 24.0. The predicted molar refractivity (Wildman–Crippen MR) is 114 cm³/mol. The van der Waals surface area contributed by atoms with Crippen molar-refractivity contribution >= 4 is 16.7 Å². The molecule has 2 aromatic heterocycles. The maximum Gasteiger partial charge on any atom is 0.416 e. The van der Waals surface area contributed by atoms with Gasteiger partial charge < -0.3 is 9.88 Å². The van der Waals surface area contributed by atoms with E-state index in [2.05, 4.69) is 15.3 Å². The smallest absolute Gasteiger partial charge is 0.363 e. The summed E-state index contributed by atoms with van der Waals surface area (Å²) >= 11 is 0. The van der Waals surface area contributed by atoms with Gasteiger partial charge in [0, 0.05) is 37.2 Å². The molecule has 3 aromatic rings. The van der Waals surface area contributed by atoms with Crippen LogP contribution in [0.2, 0.25) is 0 Å². The lowest BCUT2D eigenvalue weighted by molar-refractivity contribution is -0.137. The lowest BCUT2D eigenvalue weighted by atomic mass is 9.92. The Bertz CT molecular complexity index is 1230. The average molecular weight is 466 g/mol.